The Kier molecular flexibility index (Phi) is 4.43. The summed E-state index contributed by atoms with van der Waals surface area (Å²) in [5.41, 5.74) is 7.00. The molecule has 0 bridgehead atoms. The molecule has 4 nitrogen and oxygen atoms in total. The number of nitrogens with zero attached hydrogens (tertiary/aromatic N) is 1. The first-order valence-electron chi connectivity index (χ1n) is 6.92. The van der Waals surface area contributed by atoms with Crippen molar-refractivity contribution in [2.45, 2.75) is 44.7 Å². The number of carbonyl (C=O) groups is 1. The maximum absolute atomic E-state index is 12.3. The monoisotopic (exact) mass is 262 g/mol. The molecule has 1 fully saturated rings. The van der Waals surface area contributed by atoms with Crippen LogP contribution < -0.4 is 5.73 Å². The van der Waals surface area contributed by atoms with Crippen molar-refractivity contribution in [2.24, 2.45) is 5.73 Å². The molecule has 19 heavy (non-hydrogen) atoms. The van der Waals surface area contributed by atoms with Crippen molar-refractivity contribution in [1.29, 1.82) is 0 Å². The third-order valence-corrected chi connectivity index (χ3v) is 3.80. The molecule has 0 aromatic heterocycles. The average Bonchev–Trinajstić information content (AvgIpc) is 2.41. The van der Waals surface area contributed by atoms with Crippen molar-refractivity contribution in [3.63, 3.8) is 0 Å². The van der Waals surface area contributed by atoms with Gasteiger partial charge in [-0.15, -0.1) is 0 Å². The first kappa shape index (κ1) is 13.9. The van der Waals surface area contributed by atoms with Gasteiger partial charge < -0.3 is 15.7 Å². The molecule has 2 rings (SSSR count). The highest BCUT2D eigenvalue weighted by Crippen LogP contribution is 2.18. The zero-order chi connectivity index (χ0) is 13.8. The number of piperidine rings is 1. The van der Waals surface area contributed by atoms with E-state index in [0.29, 0.717) is 12.5 Å². The Hall–Kier alpha value is -1.55. The Balaban J connectivity index is 1.96. The quantitative estimate of drug-likeness (QED) is 0.870. The number of carbonyl (C=O) groups excluding carboxylic acids is 1. The summed E-state index contributed by atoms with van der Waals surface area (Å²) in [5, 5.41) is 9.23. The number of benzene rings is 1. The average molecular weight is 262 g/mol. The molecule has 1 aromatic rings. The summed E-state index contributed by atoms with van der Waals surface area (Å²) in [7, 11) is 0. The largest absolute Gasteiger partial charge is 0.508 e. The Bertz CT molecular complexity index is 430. The molecule has 1 saturated heterocycles. The summed E-state index contributed by atoms with van der Waals surface area (Å²) < 4.78 is 0. The van der Waals surface area contributed by atoms with Crippen LogP contribution in [0.1, 0.15) is 31.7 Å². The lowest BCUT2D eigenvalue weighted by Crippen LogP contribution is -2.50. The van der Waals surface area contributed by atoms with Gasteiger partial charge in [-0.1, -0.05) is 12.1 Å². The van der Waals surface area contributed by atoms with Crippen molar-refractivity contribution < 1.29 is 9.90 Å². The van der Waals surface area contributed by atoms with E-state index in [1.165, 1.54) is 6.42 Å². The third-order valence-electron chi connectivity index (χ3n) is 3.80. The maximum atomic E-state index is 12.3. The van der Waals surface area contributed by atoms with Gasteiger partial charge in [0, 0.05) is 12.6 Å². The predicted octanol–water partition coefficient (Wildman–Crippen LogP) is 1.66. The smallest absolute Gasteiger partial charge is 0.240 e. The van der Waals surface area contributed by atoms with E-state index in [1.807, 2.05) is 17.0 Å². The number of likely N-dealkylation sites (tertiary alicyclic amines) is 1. The van der Waals surface area contributed by atoms with Crippen LogP contribution in [0.4, 0.5) is 0 Å². The van der Waals surface area contributed by atoms with Crippen LogP contribution in [0.15, 0.2) is 24.3 Å². The minimum absolute atomic E-state index is 0.0419. The van der Waals surface area contributed by atoms with E-state index >= 15 is 0 Å². The zero-order valence-corrected chi connectivity index (χ0v) is 11.4. The maximum Gasteiger partial charge on any atom is 0.240 e. The van der Waals surface area contributed by atoms with Gasteiger partial charge in [-0.2, -0.15) is 0 Å². The molecule has 0 radical (unpaired) electrons. The Morgan fingerprint density at radius 3 is 2.74 bits per heavy atom. The molecule has 0 aliphatic carbocycles. The van der Waals surface area contributed by atoms with Gasteiger partial charge in [-0.05, 0) is 50.3 Å². The summed E-state index contributed by atoms with van der Waals surface area (Å²) in [6.07, 6.45) is 3.85. The molecule has 4 heteroatoms. The fraction of sp³-hybridized carbons (Fsp3) is 0.533. The molecule has 1 aliphatic heterocycles. The number of aromatic hydroxyl groups is 1. The van der Waals surface area contributed by atoms with Gasteiger partial charge in [-0.3, -0.25) is 4.79 Å². The summed E-state index contributed by atoms with van der Waals surface area (Å²) in [4.78, 5) is 14.2. The fourth-order valence-corrected chi connectivity index (χ4v) is 2.61. The summed E-state index contributed by atoms with van der Waals surface area (Å²) in [6, 6.07) is 6.66. The molecule has 1 aromatic carbocycles. The normalized spacial score (nSPS) is 21.2. The van der Waals surface area contributed by atoms with E-state index in [-0.39, 0.29) is 11.7 Å². The SMILES string of the molecule is CC1CCCCN1C(=O)C(N)Cc1ccc(O)cc1. The van der Waals surface area contributed by atoms with E-state index in [4.69, 9.17) is 5.73 Å². The predicted molar refractivity (Wildman–Crippen MR) is 74.8 cm³/mol. The molecular weight excluding hydrogens is 240 g/mol. The lowest BCUT2D eigenvalue weighted by atomic mass is 10.00. The number of hydrogen-bond acceptors (Lipinski definition) is 3. The van der Waals surface area contributed by atoms with E-state index in [0.717, 1.165) is 24.9 Å². The number of hydrogen-bond donors (Lipinski definition) is 2. The highest BCUT2D eigenvalue weighted by atomic mass is 16.3. The van der Waals surface area contributed by atoms with Gasteiger partial charge in [0.05, 0.1) is 6.04 Å². The fourth-order valence-electron chi connectivity index (χ4n) is 2.61. The molecule has 1 heterocycles. The van der Waals surface area contributed by atoms with Crippen molar-refractivity contribution in [1.82, 2.24) is 4.90 Å². The van der Waals surface area contributed by atoms with E-state index in [1.54, 1.807) is 12.1 Å². The Morgan fingerprint density at radius 1 is 1.42 bits per heavy atom. The summed E-state index contributed by atoms with van der Waals surface area (Å²) in [6.45, 7) is 2.91. The zero-order valence-electron chi connectivity index (χ0n) is 11.4. The van der Waals surface area contributed by atoms with Crippen molar-refractivity contribution in [3.8, 4) is 5.75 Å². The summed E-state index contributed by atoms with van der Waals surface area (Å²) >= 11 is 0. The molecule has 2 unspecified atom stereocenters. The van der Waals surface area contributed by atoms with Gasteiger partial charge in [-0.25, -0.2) is 0 Å². The minimum atomic E-state index is -0.495. The topological polar surface area (TPSA) is 66.6 Å². The second kappa shape index (κ2) is 6.06. The number of rotatable bonds is 3. The van der Waals surface area contributed by atoms with E-state index < -0.39 is 6.04 Å². The molecule has 0 saturated carbocycles. The molecule has 1 amide bonds. The van der Waals surface area contributed by atoms with Gasteiger partial charge in [0.25, 0.3) is 0 Å². The molecule has 0 spiro atoms. The van der Waals surface area contributed by atoms with Crippen LogP contribution in [-0.2, 0) is 11.2 Å². The van der Waals surface area contributed by atoms with Crippen molar-refractivity contribution in [3.05, 3.63) is 29.8 Å². The van der Waals surface area contributed by atoms with Gasteiger partial charge in [0.1, 0.15) is 5.75 Å². The van der Waals surface area contributed by atoms with Crippen LogP contribution in [0.5, 0.6) is 5.75 Å². The van der Waals surface area contributed by atoms with Gasteiger partial charge >= 0.3 is 0 Å². The first-order chi connectivity index (χ1) is 9.08. The first-order valence-corrected chi connectivity index (χ1v) is 6.92. The minimum Gasteiger partial charge on any atom is -0.508 e. The van der Waals surface area contributed by atoms with Crippen LogP contribution in [0.3, 0.4) is 0 Å². The van der Waals surface area contributed by atoms with Crippen LogP contribution in [0, 0.1) is 0 Å². The second-order valence-electron chi connectivity index (χ2n) is 5.35. The molecule has 104 valence electrons. The lowest BCUT2D eigenvalue weighted by molar-refractivity contribution is -0.135. The standard InChI is InChI=1S/C15H22N2O2/c1-11-4-2-3-9-17(11)15(19)14(16)10-12-5-7-13(18)8-6-12/h5-8,11,14,18H,2-4,9-10,16H2,1H3. The third kappa shape index (κ3) is 3.47. The molecule has 3 N–H and O–H groups in total. The van der Waals surface area contributed by atoms with Crippen LogP contribution in [-0.4, -0.2) is 34.5 Å². The van der Waals surface area contributed by atoms with Crippen LogP contribution in [0.2, 0.25) is 0 Å². The second-order valence-corrected chi connectivity index (χ2v) is 5.35. The Morgan fingerprint density at radius 2 is 2.11 bits per heavy atom. The number of phenolic OH excluding ortho intramolecular Hbond substituents is 1. The highest BCUT2D eigenvalue weighted by Gasteiger charge is 2.27. The lowest BCUT2D eigenvalue weighted by Gasteiger charge is -2.35. The number of nitrogens with two attached hydrogens (primary N) is 1. The number of amides is 1. The molecular formula is C15H22N2O2. The van der Waals surface area contributed by atoms with Crippen LogP contribution in [0.25, 0.3) is 0 Å². The van der Waals surface area contributed by atoms with Gasteiger partial charge in [0.2, 0.25) is 5.91 Å². The molecule has 2 atom stereocenters. The molecule has 1 aliphatic rings. The van der Waals surface area contributed by atoms with Crippen LogP contribution >= 0.6 is 0 Å². The van der Waals surface area contributed by atoms with Crippen molar-refractivity contribution in [2.75, 3.05) is 6.54 Å². The highest BCUT2D eigenvalue weighted by molar-refractivity contribution is 5.82. The van der Waals surface area contributed by atoms with E-state index in [2.05, 4.69) is 6.92 Å². The van der Waals surface area contributed by atoms with Gasteiger partial charge in [0.15, 0.2) is 0 Å². The van der Waals surface area contributed by atoms with E-state index in [9.17, 15) is 9.90 Å². The summed E-state index contributed by atoms with van der Waals surface area (Å²) in [5.74, 6) is 0.272. The van der Waals surface area contributed by atoms with Crippen molar-refractivity contribution >= 4 is 5.91 Å². The Labute approximate surface area is 114 Å². The number of phenols is 1.